The third-order valence-corrected chi connectivity index (χ3v) is 5.02. The van der Waals surface area contributed by atoms with E-state index in [1.807, 2.05) is 6.92 Å². The summed E-state index contributed by atoms with van der Waals surface area (Å²) in [6, 6.07) is 12.3. The lowest BCUT2D eigenvalue weighted by molar-refractivity contribution is -0.136. The summed E-state index contributed by atoms with van der Waals surface area (Å²) in [5.41, 5.74) is 1.66. The summed E-state index contributed by atoms with van der Waals surface area (Å²) in [5.74, 6) is 1.04. The van der Waals surface area contributed by atoms with Crippen LogP contribution >= 0.6 is 0 Å². The molecular formula is C24H28N2O6. The van der Waals surface area contributed by atoms with Crippen LogP contribution in [0.3, 0.4) is 0 Å². The number of imide groups is 1. The van der Waals surface area contributed by atoms with Gasteiger partial charge in [0.15, 0.2) is 0 Å². The maximum Gasteiger partial charge on any atom is 0.278 e. The molecule has 32 heavy (non-hydrogen) atoms. The van der Waals surface area contributed by atoms with Crippen molar-refractivity contribution in [2.45, 2.75) is 13.3 Å². The van der Waals surface area contributed by atoms with Gasteiger partial charge in [0.1, 0.15) is 22.9 Å². The van der Waals surface area contributed by atoms with Crippen molar-refractivity contribution in [2.24, 2.45) is 0 Å². The fourth-order valence-electron chi connectivity index (χ4n) is 3.45. The number of amides is 2. The van der Waals surface area contributed by atoms with E-state index in [1.54, 1.807) is 56.7 Å². The zero-order valence-corrected chi connectivity index (χ0v) is 18.8. The lowest BCUT2D eigenvalue weighted by Crippen LogP contribution is -2.33. The summed E-state index contributed by atoms with van der Waals surface area (Å²) < 4.78 is 21.3. The molecule has 170 valence electrons. The van der Waals surface area contributed by atoms with Gasteiger partial charge in [-0.05, 0) is 43.2 Å². The quantitative estimate of drug-likeness (QED) is 0.424. The van der Waals surface area contributed by atoms with Gasteiger partial charge in [0.25, 0.3) is 11.8 Å². The van der Waals surface area contributed by atoms with Crippen LogP contribution in [-0.4, -0.2) is 57.8 Å². The van der Waals surface area contributed by atoms with Gasteiger partial charge >= 0.3 is 0 Å². The molecule has 0 unspecified atom stereocenters. The van der Waals surface area contributed by atoms with E-state index in [9.17, 15) is 9.59 Å². The monoisotopic (exact) mass is 440 g/mol. The molecule has 0 radical (unpaired) electrons. The number of rotatable bonds is 11. The lowest BCUT2D eigenvalue weighted by atomic mass is 10.0. The number of nitrogens with zero attached hydrogens (tertiary/aromatic N) is 1. The molecule has 0 spiro atoms. The number of benzene rings is 2. The highest BCUT2D eigenvalue weighted by Crippen LogP contribution is 2.35. The fraction of sp³-hybridized carbons (Fsp3) is 0.333. The third kappa shape index (κ3) is 4.86. The average Bonchev–Trinajstić information content (AvgIpc) is 3.04. The molecule has 1 aliphatic heterocycles. The maximum atomic E-state index is 13.3. The zero-order valence-electron chi connectivity index (χ0n) is 18.8. The molecule has 1 aliphatic rings. The molecule has 0 aromatic heterocycles. The van der Waals surface area contributed by atoms with Crippen LogP contribution in [0.15, 0.2) is 48.2 Å². The zero-order chi connectivity index (χ0) is 23.1. The predicted octanol–water partition coefficient (Wildman–Crippen LogP) is 3.33. The van der Waals surface area contributed by atoms with Crippen LogP contribution < -0.4 is 19.5 Å². The number of hydrogen-bond acceptors (Lipinski definition) is 7. The molecule has 0 bridgehead atoms. The topological polar surface area (TPSA) is 86.3 Å². The minimum atomic E-state index is -0.396. The predicted molar refractivity (Wildman–Crippen MR) is 121 cm³/mol. The van der Waals surface area contributed by atoms with Crippen LogP contribution in [0.2, 0.25) is 0 Å². The molecular weight excluding hydrogens is 412 g/mol. The minimum absolute atomic E-state index is 0.194. The van der Waals surface area contributed by atoms with E-state index >= 15 is 0 Å². The van der Waals surface area contributed by atoms with E-state index in [2.05, 4.69) is 5.32 Å². The van der Waals surface area contributed by atoms with Gasteiger partial charge in [0.2, 0.25) is 0 Å². The first-order chi connectivity index (χ1) is 15.5. The molecule has 0 saturated heterocycles. The van der Waals surface area contributed by atoms with Crippen LogP contribution in [0.5, 0.6) is 17.2 Å². The van der Waals surface area contributed by atoms with Gasteiger partial charge in [-0.15, -0.1) is 0 Å². The smallest absolute Gasteiger partial charge is 0.278 e. The van der Waals surface area contributed by atoms with E-state index in [4.69, 9.17) is 18.9 Å². The number of nitrogens with one attached hydrogen (secondary N) is 1. The second kappa shape index (κ2) is 10.7. The Labute approximate surface area is 187 Å². The first-order valence-corrected chi connectivity index (χ1v) is 10.4. The molecule has 8 nitrogen and oxygen atoms in total. The molecule has 1 heterocycles. The molecule has 0 aliphatic carbocycles. The van der Waals surface area contributed by atoms with Crippen molar-refractivity contribution in [3.05, 3.63) is 53.7 Å². The van der Waals surface area contributed by atoms with Gasteiger partial charge < -0.3 is 24.3 Å². The second-order valence-electron chi connectivity index (χ2n) is 7.01. The fourth-order valence-corrected chi connectivity index (χ4v) is 3.45. The van der Waals surface area contributed by atoms with E-state index in [-0.39, 0.29) is 18.1 Å². The first-order valence-electron chi connectivity index (χ1n) is 10.4. The van der Waals surface area contributed by atoms with Crippen molar-refractivity contribution in [3.63, 3.8) is 0 Å². The number of carbonyl (C=O) groups excluding carboxylic acids is 2. The van der Waals surface area contributed by atoms with Crippen LogP contribution in [0.1, 0.15) is 18.9 Å². The van der Waals surface area contributed by atoms with Crippen molar-refractivity contribution in [2.75, 3.05) is 46.4 Å². The molecule has 2 aromatic carbocycles. The van der Waals surface area contributed by atoms with Crippen LogP contribution in [0.25, 0.3) is 5.57 Å². The van der Waals surface area contributed by atoms with Gasteiger partial charge in [0, 0.05) is 26.3 Å². The molecule has 2 aromatic rings. The minimum Gasteiger partial charge on any atom is -0.497 e. The molecule has 8 heteroatoms. The van der Waals surface area contributed by atoms with Crippen molar-refractivity contribution in [1.82, 2.24) is 4.90 Å². The molecule has 3 rings (SSSR count). The Balaban J connectivity index is 2.01. The molecule has 1 N–H and O–H groups in total. The van der Waals surface area contributed by atoms with Gasteiger partial charge in [-0.1, -0.05) is 12.1 Å². The van der Waals surface area contributed by atoms with Crippen molar-refractivity contribution in [3.8, 4) is 17.2 Å². The number of methoxy groups -OCH3 is 3. The SMILES string of the molecule is CCOc1ccc(C2=C(Nc3ccc(OC)cc3OC)C(=O)N(CCCOC)C2=O)cc1. The molecule has 0 atom stereocenters. The molecule has 0 saturated carbocycles. The van der Waals surface area contributed by atoms with Crippen LogP contribution in [0, 0.1) is 0 Å². The van der Waals surface area contributed by atoms with Gasteiger partial charge in [-0.25, -0.2) is 0 Å². The Bertz CT molecular complexity index is 1000. The average molecular weight is 440 g/mol. The summed E-state index contributed by atoms with van der Waals surface area (Å²) in [6.07, 6.45) is 0.545. The van der Waals surface area contributed by atoms with E-state index in [0.29, 0.717) is 53.7 Å². The van der Waals surface area contributed by atoms with Crippen molar-refractivity contribution >= 4 is 23.1 Å². The second-order valence-corrected chi connectivity index (χ2v) is 7.01. The van der Waals surface area contributed by atoms with Crippen LogP contribution in [0.4, 0.5) is 5.69 Å². The van der Waals surface area contributed by atoms with Gasteiger partial charge in [0.05, 0.1) is 32.1 Å². The van der Waals surface area contributed by atoms with Gasteiger partial charge in [-0.3, -0.25) is 14.5 Å². The summed E-state index contributed by atoms with van der Waals surface area (Å²) in [4.78, 5) is 27.7. The highest BCUT2D eigenvalue weighted by Gasteiger charge is 2.39. The van der Waals surface area contributed by atoms with Crippen LogP contribution in [-0.2, 0) is 14.3 Å². The van der Waals surface area contributed by atoms with Gasteiger partial charge in [-0.2, -0.15) is 0 Å². The summed E-state index contributed by atoms with van der Waals surface area (Å²) >= 11 is 0. The summed E-state index contributed by atoms with van der Waals surface area (Å²) in [5, 5.41) is 3.13. The number of carbonyl (C=O) groups is 2. The number of hydrogen-bond donors (Lipinski definition) is 1. The van der Waals surface area contributed by atoms with E-state index in [0.717, 1.165) is 0 Å². The standard InChI is InChI=1S/C24H28N2O6/c1-5-32-17-9-7-16(8-10-17)21-22(24(28)26(23(21)27)13-6-14-29-2)25-19-12-11-18(30-3)15-20(19)31-4/h7-12,15,25H,5-6,13-14H2,1-4H3. The Morgan fingerprint density at radius 1 is 0.906 bits per heavy atom. The number of anilines is 1. The Morgan fingerprint density at radius 3 is 2.25 bits per heavy atom. The third-order valence-electron chi connectivity index (χ3n) is 5.02. The van der Waals surface area contributed by atoms with E-state index in [1.165, 1.54) is 12.0 Å². The highest BCUT2D eigenvalue weighted by molar-refractivity contribution is 6.36. The highest BCUT2D eigenvalue weighted by atomic mass is 16.5. The normalized spacial score (nSPS) is 13.6. The largest absolute Gasteiger partial charge is 0.497 e. The first kappa shape index (κ1) is 23.1. The molecule has 2 amide bonds. The molecule has 0 fully saturated rings. The summed E-state index contributed by atoms with van der Waals surface area (Å²) in [6.45, 7) is 3.15. The van der Waals surface area contributed by atoms with E-state index < -0.39 is 5.91 Å². The van der Waals surface area contributed by atoms with Crippen molar-refractivity contribution in [1.29, 1.82) is 0 Å². The number of ether oxygens (including phenoxy) is 4. The van der Waals surface area contributed by atoms with Crippen molar-refractivity contribution < 1.29 is 28.5 Å². The summed E-state index contributed by atoms with van der Waals surface area (Å²) in [7, 11) is 4.67. The lowest BCUT2D eigenvalue weighted by Gasteiger charge is -2.16. The Morgan fingerprint density at radius 2 is 1.62 bits per heavy atom. The maximum absolute atomic E-state index is 13.3. The Hall–Kier alpha value is -3.52. The Kier molecular flexibility index (Phi) is 7.72.